The van der Waals surface area contributed by atoms with Crippen LogP contribution < -0.4 is 0 Å². The highest BCUT2D eigenvalue weighted by Crippen LogP contribution is 2.08. The zero-order valence-corrected chi connectivity index (χ0v) is 8.78. The maximum Gasteiger partial charge on any atom is 0.409 e. The Hall–Kier alpha value is -0.770. The first kappa shape index (κ1) is 12.2. The Morgan fingerprint density at radius 3 is 2.38 bits per heavy atom. The van der Waals surface area contributed by atoms with Crippen LogP contribution in [0, 0.1) is 5.92 Å². The van der Waals surface area contributed by atoms with E-state index < -0.39 is 0 Å². The van der Waals surface area contributed by atoms with Crippen molar-refractivity contribution in [3.8, 4) is 0 Å². The summed E-state index contributed by atoms with van der Waals surface area (Å²) in [4.78, 5) is 12.8. The number of hydrogen-bond acceptors (Lipinski definition) is 3. The van der Waals surface area contributed by atoms with E-state index in [0.717, 1.165) is 0 Å². The van der Waals surface area contributed by atoms with Crippen molar-refractivity contribution < 1.29 is 14.6 Å². The third-order valence-electron chi connectivity index (χ3n) is 2.18. The lowest BCUT2D eigenvalue weighted by Gasteiger charge is -2.26. The largest absolute Gasteiger partial charge is 0.447 e. The van der Waals surface area contributed by atoms with Crippen molar-refractivity contribution in [1.82, 2.24) is 4.90 Å². The monoisotopic (exact) mass is 189 g/mol. The Morgan fingerprint density at radius 1 is 1.46 bits per heavy atom. The molecule has 0 rings (SSSR count). The summed E-state index contributed by atoms with van der Waals surface area (Å²) in [5.74, 6) is 0.395. The molecular weight excluding hydrogens is 170 g/mol. The van der Waals surface area contributed by atoms with Crippen LogP contribution in [0.15, 0.2) is 0 Å². The van der Waals surface area contributed by atoms with Gasteiger partial charge in [0.15, 0.2) is 0 Å². The summed E-state index contributed by atoms with van der Waals surface area (Å²) in [6.45, 7) is 5.98. The number of carbonyl (C=O) groups is 1. The number of rotatable bonds is 4. The van der Waals surface area contributed by atoms with E-state index in [1.165, 1.54) is 0 Å². The van der Waals surface area contributed by atoms with Gasteiger partial charge in [0.1, 0.15) is 6.61 Å². The molecule has 1 N–H and O–H groups in total. The third-order valence-corrected chi connectivity index (χ3v) is 2.18. The van der Waals surface area contributed by atoms with Crippen molar-refractivity contribution in [2.75, 3.05) is 20.3 Å². The topological polar surface area (TPSA) is 49.8 Å². The summed E-state index contributed by atoms with van der Waals surface area (Å²) in [6, 6.07) is 0.145. The van der Waals surface area contributed by atoms with Gasteiger partial charge in [-0.05, 0) is 12.8 Å². The predicted octanol–water partition coefficient (Wildman–Crippen LogP) is 1.09. The molecule has 0 aliphatic heterocycles. The molecule has 0 spiro atoms. The molecular formula is C9H19NO3. The van der Waals surface area contributed by atoms with Gasteiger partial charge in [0, 0.05) is 13.1 Å². The van der Waals surface area contributed by atoms with Crippen molar-refractivity contribution in [1.29, 1.82) is 0 Å². The summed E-state index contributed by atoms with van der Waals surface area (Å²) in [5.41, 5.74) is 0. The van der Waals surface area contributed by atoms with E-state index in [1.807, 2.05) is 20.8 Å². The first-order valence-corrected chi connectivity index (χ1v) is 4.51. The summed E-state index contributed by atoms with van der Waals surface area (Å²) in [7, 11) is 1.70. The summed E-state index contributed by atoms with van der Waals surface area (Å²) in [5, 5.41) is 8.45. The van der Waals surface area contributed by atoms with Crippen LogP contribution in [0.4, 0.5) is 4.79 Å². The van der Waals surface area contributed by atoms with Crippen molar-refractivity contribution in [2.24, 2.45) is 5.92 Å². The van der Waals surface area contributed by atoms with E-state index in [2.05, 4.69) is 0 Å². The highest BCUT2D eigenvalue weighted by molar-refractivity contribution is 5.67. The Balaban J connectivity index is 3.94. The Labute approximate surface area is 79.5 Å². The number of nitrogens with zero attached hydrogens (tertiary/aromatic N) is 1. The fourth-order valence-electron chi connectivity index (χ4n) is 0.848. The standard InChI is InChI=1S/C9H19NO3/c1-7(2)8(3)10(4)9(12)13-6-5-11/h7-8,11H,5-6H2,1-4H3. The van der Waals surface area contributed by atoms with E-state index in [9.17, 15) is 4.79 Å². The Morgan fingerprint density at radius 2 is 2.00 bits per heavy atom. The number of aliphatic hydroxyl groups is 1. The lowest BCUT2D eigenvalue weighted by molar-refractivity contribution is 0.0758. The van der Waals surface area contributed by atoms with Crippen molar-refractivity contribution in [3.05, 3.63) is 0 Å². The van der Waals surface area contributed by atoms with Crippen molar-refractivity contribution in [3.63, 3.8) is 0 Å². The van der Waals surface area contributed by atoms with Gasteiger partial charge >= 0.3 is 6.09 Å². The van der Waals surface area contributed by atoms with Crippen LogP contribution in [0.1, 0.15) is 20.8 Å². The van der Waals surface area contributed by atoms with Crippen LogP contribution in [0.3, 0.4) is 0 Å². The quantitative estimate of drug-likeness (QED) is 0.720. The van der Waals surface area contributed by atoms with Gasteiger partial charge in [-0.2, -0.15) is 0 Å². The molecule has 1 atom stereocenters. The molecule has 4 heteroatoms. The van der Waals surface area contributed by atoms with Gasteiger partial charge in [-0.15, -0.1) is 0 Å². The Kier molecular flexibility index (Phi) is 5.46. The average Bonchev–Trinajstić information content (AvgIpc) is 2.11. The van der Waals surface area contributed by atoms with Crippen LogP contribution in [0.25, 0.3) is 0 Å². The SMILES string of the molecule is CC(C)C(C)N(C)C(=O)OCCO. The molecule has 1 amide bonds. The number of amides is 1. The number of carbonyl (C=O) groups excluding carboxylic acids is 1. The molecule has 78 valence electrons. The maximum absolute atomic E-state index is 11.2. The molecule has 0 aromatic rings. The molecule has 0 saturated carbocycles. The van der Waals surface area contributed by atoms with Gasteiger partial charge in [-0.25, -0.2) is 4.79 Å². The van der Waals surface area contributed by atoms with Gasteiger partial charge in [-0.1, -0.05) is 13.8 Å². The molecule has 0 aliphatic rings. The van der Waals surface area contributed by atoms with E-state index in [4.69, 9.17) is 9.84 Å². The minimum absolute atomic E-state index is 0.0635. The molecule has 0 radical (unpaired) electrons. The van der Waals surface area contributed by atoms with Crippen LogP contribution >= 0.6 is 0 Å². The minimum Gasteiger partial charge on any atom is -0.447 e. The number of ether oxygens (including phenoxy) is 1. The summed E-state index contributed by atoms with van der Waals surface area (Å²) < 4.78 is 4.76. The van der Waals surface area contributed by atoms with Gasteiger partial charge in [0.25, 0.3) is 0 Å². The zero-order valence-electron chi connectivity index (χ0n) is 8.78. The first-order chi connectivity index (χ1) is 6.00. The third kappa shape index (κ3) is 4.12. The van der Waals surface area contributed by atoms with E-state index >= 15 is 0 Å². The number of aliphatic hydroxyl groups excluding tert-OH is 1. The average molecular weight is 189 g/mol. The van der Waals surface area contributed by atoms with Crippen LogP contribution in [0.2, 0.25) is 0 Å². The Bertz CT molecular complexity index is 159. The van der Waals surface area contributed by atoms with E-state index in [1.54, 1.807) is 11.9 Å². The van der Waals surface area contributed by atoms with E-state index in [-0.39, 0.29) is 25.3 Å². The molecule has 0 fully saturated rings. The maximum atomic E-state index is 11.2. The zero-order chi connectivity index (χ0) is 10.4. The molecule has 0 bridgehead atoms. The van der Waals surface area contributed by atoms with Gasteiger partial charge < -0.3 is 14.7 Å². The fourth-order valence-corrected chi connectivity index (χ4v) is 0.848. The number of hydrogen-bond donors (Lipinski definition) is 1. The molecule has 0 saturated heterocycles. The lowest BCUT2D eigenvalue weighted by atomic mass is 10.1. The summed E-state index contributed by atoms with van der Waals surface area (Å²) in [6.07, 6.45) is -0.379. The molecule has 13 heavy (non-hydrogen) atoms. The highest BCUT2D eigenvalue weighted by atomic mass is 16.6. The van der Waals surface area contributed by atoms with E-state index in [0.29, 0.717) is 5.92 Å². The molecule has 0 aromatic heterocycles. The van der Waals surface area contributed by atoms with Crippen LogP contribution in [-0.4, -0.2) is 42.4 Å². The predicted molar refractivity (Wildman–Crippen MR) is 50.5 cm³/mol. The summed E-state index contributed by atoms with van der Waals surface area (Å²) >= 11 is 0. The van der Waals surface area contributed by atoms with Crippen LogP contribution in [0.5, 0.6) is 0 Å². The van der Waals surface area contributed by atoms with Gasteiger partial charge in [0.05, 0.1) is 6.61 Å². The van der Waals surface area contributed by atoms with Gasteiger partial charge in [-0.3, -0.25) is 0 Å². The molecule has 0 aliphatic carbocycles. The second-order valence-electron chi connectivity index (χ2n) is 3.43. The second-order valence-corrected chi connectivity index (χ2v) is 3.43. The molecule has 4 nitrogen and oxygen atoms in total. The second kappa shape index (κ2) is 5.80. The molecule has 1 unspecified atom stereocenters. The normalized spacial score (nSPS) is 12.8. The molecule has 0 aromatic carbocycles. The van der Waals surface area contributed by atoms with Crippen molar-refractivity contribution in [2.45, 2.75) is 26.8 Å². The smallest absolute Gasteiger partial charge is 0.409 e. The minimum atomic E-state index is -0.379. The van der Waals surface area contributed by atoms with Crippen molar-refractivity contribution >= 4 is 6.09 Å². The highest BCUT2D eigenvalue weighted by Gasteiger charge is 2.19. The van der Waals surface area contributed by atoms with Crippen LogP contribution in [-0.2, 0) is 4.74 Å². The molecule has 0 heterocycles. The van der Waals surface area contributed by atoms with Gasteiger partial charge in [0.2, 0.25) is 0 Å². The fraction of sp³-hybridized carbons (Fsp3) is 0.889. The lowest BCUT2D eigenvalue weighted by Crippen LogP contribution is -2.38. The first-order valence-electron chi connectivity index (χ1n) is 4.51.